The molecular weight excluding hydrogens is 311 g/mol. The van der Waals surface area contributed by atoms with Gasteiger partial charge in [0.2, 0.25) is 0 Å². The van der Waals surface area contributed by atoms with Crippen molar-refractivity contribution >= 4 is 15.9 Å². The summed E-state index contributed by atoms with van der Waals surface area (Å²) < 4.78 is 52.5. The number of nitrogens with one attached hydrogen (secondary N) is 1. The van der Waals surface area contributed by atoms with Crippen molar-refractivity contribution in [1.82, 2.24) is 4.31 Å². The second-order valence-electron chi connectivity index (χ2n) is 5.40. The first-order valence-corrected chi connectivity index (χ1v) is 8.50. The normalized spacial score (nSPS) is 19.7. The highest BCUT2D eigenvalue weighted by Crippen LogP contribution is 2.33. The van der Waals surface area contributed by atoms with Gasteiger partial charge in [0.05, 0.1) is 19.9 Å². The van der Waals surface area contributed by atoms with Crippen molar-refractivity contribution in [3.05, 3.63) is 17.9 Å². The van der Waals surface area contributed by atoms with E-state index in [1.54, 1.807) is 0 Å². The molecule has 1 aliphatic heterocycles. The summed E-state index contributed by atoms with van der Waals surface area (Å²) in [4.78, 5) is 0. The molecule has 124 valence electrons. The van der Waals surface area contributed by atoms with Gasteiger partial charge in [-0.25, -0.2) is 4.39 Å². The maximum atomic E-state index is 14.0. The SMILES string of the molecule is COc1cc(F)c(NS(=O)(=O)N2CCCC(C)C2)cc1OC. The van der Waals surface area contributed by atoms with Crippen LogP contribution in [0.5, 0.6) is 11.5 Å². The molecule has 1 N–H and O–H groups in total. The summed E-state index contributed by atoms with van der Waals surface area (Å²) >= 11 is 0. The standard InChI is InChI=1S/C14H21FN2O4S/c1-10-5-4-6-17(9-10)22(18,19)16-12-8-14(21-3)13(20-2)7-11(12)15/h7-8,10,16H,4-6,9H2,1-3H3. The van der Waals surface area contributed by atoms with E-state index in [-0.39, 0.29) is 17.2 Å². The number of nitrogens with zero attached hydrogens (tertiary/aromatic N) is 1. The molecule has 1 heterocycles. The van der Waals surface area contributed by atoms with Crippen molar-refractivity contribution in [3.63, 3.8) is 0 Å². The van der Waals surface area contributed by atoms with E-state index in [4.69, 9.17) is 9.47 Å². The van der Waals surface area contributed by atoms with Crippen LogP contribution in [0.4, 0.5) is 10.1 Å². The Hall–Kier alpha value is -1.54. The van der Waals surface area contributed by atoms with Gasteiger partial charge in [0.25, 0.3) is 0 Å². The number of piperidine rings is 1. The molecule has 1 aliphatic rings. The van der Waals surface area contributed by atoms with Crippen molar-refractivity contribution in [2.24, 2.45) is 5.92 Å². The van der Waals surface area contributed by atoms with E-state index in [0.717, 1.165) is 18.9 Å². The molecule has 0 aliphatic carbocycles. The third-order valence-electron chi connectivity index (χ3n) is 3.67. The maximum Gasteiger partial charge on any atom is 0.301 e. The molecule has 0 bridgehead atoms. The van der Waals surface area contributed by atoms with E-state index in [9.17, 15) is 12.8 Å². The zero-order valence-corrected chi connectivity index (χ0v) is 13.7. The predicted molar refractivity (Wildman–Crippen MR) is 82.0 cm³/mol. The minimum atomic E-state index is -3.79. The number of methoxy groups -OCH3 is 2. The van der Waals surface area contributed by atoms with Gasteiger partial charge in [-0.2, -0.15) is 12.7 Å². The number of rotatable bonds is 5. The number of ether oxygens (including phenoxy) is 2. The average Bonchev–Trinajstić information content (AvgIpc) is 2.48. The molecule has 1 fully saturated rings. The molecule has 1 aromatic rings. The Balaban J connectivity index is 2.25. The zero-order chi connectivity index (χ0) is 16.3. The highest BCUT2D eigenvalue weighted by molar-refractivity contribution is 7.90. The molecule has 1 atom stereocenters. The van der Waals surface area contributed by atoms with Crippen molar-refractivity contribution in [2.75, 3.05) is 32.0 Å². The lowest BCUT2D eigenvalue weighted by atomic mass is 10.0. The Kier molecular flexibility index (Phi) is 5.12. The number of hydrogen-bond acceptors (Lipinski definition) is 4. The minimum Gasteiger partial charge on any atom is -0.493 e. The Morgan fingerprint density at radius 3 is 2.50 bits per heavy atom. The van der Waals surface area contributed by atoms with Crippen molar-refractivity contribution in [2.45, 2.75) is 19.8 Å². The van der Waals surface area contributed by atoms with Gasteiger partial charge in [0.1, 0.15) is 0 Å². The van der Waals surface area contributed by atoms with Gasteiger partial charge in [0.15, 0.2) is 17.3 Å². The first-order valence-electron chi connectivity index (χ1n) is 7.06. The molecule has 0 radical (unpaired) electrons. The number of halogens is 1. The molecule has 0 saturated carbocycles. The van der Waals surface area contributed by atoms with E-state index < -0.39 is 16.0 Å². The van der Waals surface area contributed by atoms with Crippen LogP contribution in [0.1, 0.15) is 19.8 Å². The lowest BCUT2D eigenvalue weighted by Crippen LogP contribution is -2.42. The second-order valence-corrected chi connectivity index (χ2v) is 7.07. The van der Waals surface area contributed by atoms with Gasteiger partial charge in [-0.1, -0.05) is 6.92 Å². The fraction of sp³-hybridized carbons (Fsp3) is 0.571. The summed E-state index contributed by atoms with van der Waals surface area (Å²) in [5.41, 5.74) is -0.157. The maximum absolute atomic E-state index is 14.0. The lowest BCUT2D eigenvalue weighted by molar-refractivity contribution is 0.282. The fourth-order valence-corrected chi connectivity index (χ4v) is 3.88. The molecule has 8 heteroatoms. The number of hydrogen-bond donors (Lipinski definition) is 1. The van der Waals surface area contributed by atoms with Crippen molar-refractivity contribution < 1.29 is 22.3 Å². The topological polar surface area (TPSA) is 67.9 Å². The second kappa shape index (κ2) is 6.70. The third kappa shape index (κ3) is 3.61. The van der Waals surface area contributed by atoms with Crippen LogP contribution in [0.2, 0.25) is 0 Å². The zero-order valence-electron chi connectivity index (χ0n) is 12.9. The van der Waals surface area contributed by atoms with E-state index in [1.165, 1.54) is 24.6 Å². The molecule has 6 nitrogen and oxygen atoms in total. The number of benzene rings is 1. The van der Waals surface area contributed by atoms with Crippen molar-refractivity contribution in [3.8, 4) is 11.5 Å². The Bertz CT molecular complexity index is 636. The summed E-state index contributed by atoms with van der Waals surface area (Å²) in [6.07, 6.45) is 1.80. The van der Waals surface area contributed by atoms with Crippen LogP contribution in [0.3, 0.4) is 0 Å². The summed E-state index contributed by atoms with van der Waals surface area (Å²) in [5, 5.41) is 0. The quantitative estimate of drug-likeness (QED) is 0.898. The van der Waals surface area contributed by atoms with Crippen LogP contribution in [-0.2, 0) is 10.2 Å². The smallest absolute Gasteiger partial charge is 0.301 e. The van der Waals surface area contributed by atoms with Crippen molar-refractivity contribution in [1.29, 1.82) is 0 Å². The highest BCUT2D eigenvalue weighted by atomic mass is 32.2. The van der Waals surface area contributed by atoms with Crippen LogP contribution in [0.25, 0.3) is 0 Å². The van der Waals surface area contributed by atoms with Crippen LogP contribution in [0, 0.1) is 11.7 Å². The van der Waals surface area contributed by atoms with Gasteiger partial charge in [-0.3, -0.25) is 4.72 Å². The van der Waals surface area contributed by atoms with E-state index in [2.05, 4.69) is 4.72 Å². The van der Waals surface area contributed by atoms with Gasteiger partial charge < -0.3 is 9.47 Å². The number of anilines is 1. The molecule has 22 heavy (non-hydrogen) atoms. The van der Waals surface area contributed by atoms with Crippen LogP contribution in [-0.4, -0.2) is 40.0 Å². The fourth-order valence-electron chi connectivity index (χ4n) is 2.50. The molecule has 0 spiro atoms. The Labute approximate surface area is 130 Å². The van der Waals surface area contributed by atoms with E-state index in [0.29, 0.717) is 19.0 Å². The molecule has 1 aromatic carbocycles. The largest absolute Gasteiger partial charge is 0.493 e. The molecule has 1 unspecified atom stereocenters. The monoisotopic (exact) mass is 332 g/mol. The first kappa shape index (κ1) is 16.8. The van der Waals surface area contributed by atoms with Crippen LogP contribution in [0.15, 0.2) is 12.1 Å². The van der Waals surface area contributed by atoms with Gasteiger partial charge in [-0.05, 0) is 18.8 Å². The molecule has 0 amide bonds. The Morgan fingerprint density at radius 1 is 1.27 bits per heavy atom. The van der Waals surface area contributed by atoms with Gasteiger partial charge in [-0.15, -0.1) is 0 Å². The lowest BCUT2D eigenvalue weighted by Gasteiger charge is -2.30. The third-order valence-corrected chi connectivity index (χ3v) is 5.16. The molecule has 1 saturated heterocycles. The first-order chi connectivity index (χ1) is 10.4. The summed E-state index contributed by atoms with van der Waals surface area (Å²) in [6, 6.07) is 2.37. The average molecular weight is 332 g/mol. The Morgan fingerprint density at radius 2 is 1.91 bits per heavy atom. The van der Waals surface area contributed by atoms with Crippen LogP contribution >= 0.6 is 0 Å². The van der Waals surface area contributed by atoms with Gasteiger partial charge in [0, 0.05) is 25.2 Å². The molecule has 2 rings (SSSR count). The van der Waals surface area contributed by atoms with E-state index >= 15 is 0 Å². The molecule has 0 aromatic heterocycles. The van der Waals surface area contributed by atoms with Crippen LogP contribution < -0.4 is 14.2 Å². The predicted octanol–water partition coefficient (Wildman–Crippen LogP) is 2.23. The minimum absolute atomic E-state index is 0.157. The van der Waals surface area contributed by atoms with E-state index in [1.807, 2.05) is 6.92 Å². The van der Waals surface area contributed by atoms with Gasteiger partial charge >= 0.3 is 10.2 Å². The summed E-state index contributed by atoms with van der Waals surface area (Å²) in [5.74, 6) is 0.0370. The molecular formula is C14H21FN2O4S. The highest BCUT2D eigenvalue weighted by Gasteiger charge is 2.28. The summed E-state index contributed by atoms with van der Waals surface area (Å²) in [7, 11) is -1.00. The summed E-state index contributed by atoms with van der Waals surface area (Å²) in [6.45, 7) is 2.87.